The number of methoxy groups -OCH3 is 1. The molecule has 0 saturated carbocycles. The highest BCUT2D eigenvalue weighted by Gasteiger charge is 1.98. The Morgan fingerprint density at radius 2 is 1.38 bits per heavy atom. The smallest absolute Gasteiger partial charge is 0.305 e. The molecule has 0 aliphatic heterocycles. The van der Waals surface area contributed by atoms with Crippen molar-refractivity contribution in [3.63, 3.8) is 0 Å². The average molecular weight is 290 g/mol. The van der Waals surface area contributed by atoms with E-state index in [4.69, 9.17) is 0 Å². The lowest BCUT2D eigenvalue weighted by molar-refractivity contribution is -0.140. The summed E-state index contributed by atoms with van der Waals surface area (Å²) in [6.07, 6.45) is 25.2. The average Bonchev–Trinajstić information content (AvgIpc) is 2.50. The van der Waals surface area contributed by atoms with Crippen molar-refractivity contribution in [2.75, 3.05) is 7.11 Å². The Labute approximate surface area is 130 Å². The zero-order chi connectivity index (χ0) is 15.6. The number of hydrogen-bond donors (Lipinski definition) is 0. The quantitative estimate of drug-likeness (QED) is 0.268. The van der Waals surface area contributed by atoms with E-state index in [2.05, 4.69) is 42.0 Å². The lowest BCUT2D eigenvalue weighted by atomic mass is 10.1. The zero-order valence-corrected chi connectivity index (χ0v) is 13.6. The number of esters is 1. The Hall–Kier alpha value is -1.57. The van der Waals surface area contributed by atoms with Crippen LogP contribution in [0, 0.1) is 0 Å². The molecule has 2 heteroatoms. The first-order chi connectivity index (χ1) is 10.3. The second-order valence-corrected chi connectivity index (χ2v) is 4.92. The van der Waals surface area contributed by atoms with Gasteiger partial charge < -0.3 is 4.74 Å². The molecule has 0 unspecified atom stereocenters. The zero-order valence-electron chi connectivity index (χ0n) is 13.6. The van der Waals surface area contributed by atoms with Gasteiger partial charge in [-0.05, 0) is 25.7 Å². The van der Waals surface area contributed by atoms with Crippen LogP contribution in [0.3, 0.4) is 0 Å². The Bertz CT molecular complexity index is 349. The van der Waals surface area contributed by atoms with Crippen LogP contribution < -0.4 is 0 Å². The van der Waals surface area contributed by atoms with Gasteiger partial charge in [-0.1, -0.05) is 74.8 Å². The van der Waals surface area contributed by atoms with Crippen molar-refractivity contribution in [1.82, 2.24) is 0 Å². The van der Waals surface area contributed by atoms with E-state index in [0.29, 0.717) is 6.42 Å². The summed E-state index contributed by atoms with van der Waals surface area (Å²) in [5.41, 5.74) is 0. The summed E-state index contributed by atoms with van der Waals surface area (Å²) >= 11 is 0. The first-order valence-electron chi connectivity index (χ1n) is 8.03. The van der Waals surface area contributed by atoms with Gasteiger partial charge in [-0.15, -0.1) is 0 Å². The van der Waals surface area contributed by atoms with Crippen molar-refractivity contribution >= 4 is 5.97 Å². The summed E-state index contributed by atoms with van der Waals surface area (Å²) in [6.45, 7) is 2.13. The summed E-state index contributed by atoms with van der Waals surface area (Å²) in [7, 11) is 1.45. The molecule has 118 valence electrons. The van der Waals surface area contributed by atoms with Crippen LogP contribution in [0.4, 0.5) is 0 Å². The fourth-order valence-corrected chi connectivity index (χ4v) is 1.81. The number of hydrogen-bond acceptors (Lipinski definition) is 2. The van der Waals surface area contributed by atoms with E-state index in [0.717, 1.165) is 25.7 Å². The molecule has 0 bridgehead atoms. The second kappa shape index (κ2) is 16.5. The normalized spacial score (nSPS) is 12.3. The SMILES string of the molecule is CCC=C/C=C/C=C/C=CCCCCCCCC(=O)OC. The lowest BCUT2D eigenvalue weighted by Crippen LogP contribution is -1.98. The molecule has 0 heterocycles. The van der Waals surface area contributed by atoms with Gasteiger partial charge in [-0.25, -0.2) is 0 Å². The minimum Gasteiger partial charge on any atom is -0.469 e. The van der Waals surface area contributed by atoms with E-state index in [1.54, 1.807) is 0 Å². The fourth-order valence-electron chi connectivity index (χ4n) is 1.81. The van der Waals surface area contributed by atoms with Gasteiger partial charge in [0, 0.05) is 6.42 Å². The maximum absolute atomic E-state index is 10.9. The van der Waals surface area contributed by atoms with Gasteiger partial charge in [0.2, 0.25) is 0 Å². The molecule has 0 amide bonds. The van der Waals surface area contributed by atoms with Crippen LogP contribution in [0.1, 0.15) is 58.3 Å². The van der Waals surface area contributed by atoms with Crippen LogP contribution in [0.5, 0.6) is 0 Å². The van der Waals surface area contributed by atoms with E-state index in [1.807, 2.05) is 18.2 Å². The molecular formula is C19H30O2. The number of allylic oxidation sites excluding steroid dienone is 8. The van der Waals surface area contributed by atoms with Crippen LogP contribution in [-0.4, -0.2) is 13.1 Å². The van der Waals surface area contributed by atoms with Crippen molar-refractivity contribution in [2.24, 2.45) is 0 Å². The van der Waals surface area contributed by atoms with Gasteiger partial charge >= 0.3 is 5.97 Å². The van der Waals surface area contributed by atoms with E-state index < -0.39 is 0 Å². The number of carbonyl (C=O) groups is 1. The molecule has 0 aromatic carbocycles. The van der Waals surface area contributed by atoms with Crippen LogP contribution in [0.25, 0.3) is 0 Å². The van der Waals surface area contributed by atoms with Gasteiger partial charge in [0.25, 0.3) is 0 Å². The summed E-state index contributed by atoms with van der Waals surface area (Å²) < 4.78 is 4.61. The van der Waals surface area contributed by atoms with Crippen LogP contribution in [0.15, 0.2) is 48.6 Å². The third kappa shape index (κ3) is 16.4. The van der Waals surface area contributed by atoms with Crippen LogP contribution in [0.2, 0.25) is 0 Å². The van der Waals surface area contributed by atoms with Gasteiger partial charge in [-0.3, -0.25) is 4.79 Å². The molecule has 0 aliphatic rings. The minimum absolute atomic E-state index is 0.0936. The van der Waals surface area contributed by atoms with E-state index in [9.17, 15) is 4.79 Å². The monoisotopic (exact) mass is 290 g/mol. The molecule has 0 spiro atoms. The molecule has 0 rings (SSSR count). The first kappa shape index (κ1) is 19.4. The molecule has 0 fully saturated rings. The highest BCUT2D eigenvalue weighted by molar-refractivity contribution is 5.68. The standard InChI is InChI=1S/C19H30O2/c1-3-4-5-6-7-8-9-10-11-12-13-14-15-16-17-18-19(20)21-2/h4-11H,3,12-18H2,1-2H3/b5-4?,7-6+,9-8+,11-10?. The second-order valence-electron chi connectivity index (χ2n) is 4.92. The first-order valence-corrected chi connectivity index (χ1v) is 8.03. The fraction of sp³-hybridized carbons (Fsp3) is 0.526. The van der Waals surface area contributed by atoms with Crippen molar-refractivity contribution < 1.29 is 9.53 Å². The summed E-state index contributed by atoms with van der Waals surface area (Å²) in [5.74, 6) is -0.0936. The molecule has 0 N–H and O–H groups in total. The number of carbonyl (C=O) groups excluding carboxylic acids is 1. The van der Waals surface area contributed by atoms with E-state index in [1.165, 1.54) is 26.4 Å². The lowest BCUT2D eigenvalue weighted by Gasteiger charge is -1.99. The number of rotatable bonds is 12. The molecule has 0 aromatic heterocycles. The maximum Gasteiger partial charge on any atom is 0.305 e. The van der Waals surface area contributed by atoms with Gasteiger partial charge in [0.05, 0.1) is 7.11 Å². The number of ether oxygens (including phenoxy) is 1. The molecular weight excluding hydrogens is 260 g/mol. The maximum atomic E-state index is 10.9. The molecule has 0 saturated heterocycles. The van der Waals surface area contributed by atoms with Crippen molar-refractivity contribution in [3.8, 4) is 0 Å². The van der Waals surface area contributed by atoms with Crippen LogP contribution in [-0.2, 0) is 9.53 Å². The summed E-state index contributed by atoms with van der Waals surface area (Å²) in [4.78, 5) is 10.9. The molecule has 0 aliphatic carbocycles. The minimum atomic E-state index is -0.0936. The molecule has 21 heavy (non-hydrogen) atoms. The predicted octanol–water partition coefficient (Wildman–Crippen LogP) is 5.52. The topological polar surface area (TPSA) is 26.3 Å². The Balaban J connectivity index is 3.36. The Kier molecular flexibility index (Phi) is 15.3. The van der Waals surface area contributed by atoms with Gasteiger partial charge in [-0.2, -0.15) is 0 Å². The predicted molar refractivity (Wildman–Crippen MR) is 91.2 cm³/mol. The molecule has 0 aromatic rings. The third-order valence-corrected chi connectivity index (χ3v) is 3.04. The Morgan fingerprint density at radius 1 is 0.810 bits per heavy atom. The van der Waals surface area contributed by atoms with Gasteiger partial charge in [0.1, 0.15) is 0 Å². The highest BCUT2D eigenvalue weighted by atomic mass is 16.5. The largest absolute Gasteiger partial charge is 0.469 e. The van der Waals surface area contributed by atoms with E-state index in [-0.39, 0.29) is 5.97 Å². The molecule has 0 atom stereocenters. The van der Waals surface area contributed by atoms with Crippen LogP contribution >= 0.6 is 0 Å². The summed E-state index contributed by atoms with van der Waals surface area (Å²) in [5, 5.41) is 0. The van der Waals surface area contributed by atoms with Crippen molar-refractivity contribution in [2.45, 2.75) is 58.3 Å². The van der Waals surface area contributed by atoms with Crippen molar-refractivity contribution in [3.05, 3.63) is 48.6 Å². The summed E-state index contributed by atoms with van der Waals surface area (Å²) in [6, 6.07) is 0. The Morgan fingerprint density at radius 3 is 2.05 bits per heavy atom. The van der Waals surface area contributed by atoms with Crippen molar-refractivity contribution in [1.29, 1.82) is 0 Å². The third-order valence-electron chi connectivity index (χ3n) is 3.04. The molecule has 0 radical (unpaired) electrons. The van der Waals surface area contributed by atoms with E-state index >= 15 is 0 Å². The highest BCUT2D eigenvalue weighted by Crippen LogP contribution is 2.08. The van der Waals surface area contributed by atoms with Gasteiger partial charge in [0.15, 0.2) is 0 Å². The molecule has 2 nitrogen and oxygen atoms in total. The number of unbranched alkanes of at least 4 members (excludes halogenated alkanes) is 5.